The van der Waals surface area contributed by atoms with Gasteiger partial charge in [0.05, 0.1) is 6.26 Å². The number of hydrogen-bond donors (Lipinski definition) is 1. The summed E-state index contributed by atoms with van der Waals surface area (Å²) in [6.45, 7) is 4.11. The Hall–Kier alpha value is -1.62. The largest absolute Gasteiger partial charge is 0.467 e. The first-order valence-electron chi connectivity index (χ1n) is 8.37. The Morgan fingerprint density at radius 3 is 2.57 bits per heavy atom. The average Bonchev–Trinajstić information content (AvgIpc) is 3.11. The summed E-state index contributed by atoms with van der Waals surface area (Å²) in [5.74, 6) is 1.27. The summed E-state index contributed by atoms with van der Waals surface area (Å²) in [5, 5.41) is 10.4. The molecule has 2 aromatic rings. The number of aliphatic hydroxyl groups is 1. The minimum absolute atomic E-state index is 0.583. The maximum atomic E-state index is 10.4. The Morgan fingerprint density at radius 2 is 1.87 bits per heavy atom. The van der Waals surface area contributed by atoms with Crippen molar-refractivity contribution in [1.82, 2.24) is 4.90 Å². The topological polar surface area (TPSA) is 45.8 Å². The van der Waals surface area contributed by atoms with Gasteiger partial charge in [-0.1, -0.05) is 30.3 Å². The van der Waals surface area contributed by atoms with E-state index in [0.717, 1.165) is 39.1 Å². The van der Waals surface area contributed by atoms with Gasteiger partial charge in [0.25, 0.3) is 0 Å². The fourth-order valence-corrected chi connectivity index (χ4v) is 3.15. The van der Waals surface area contributed by atoms with Crippen molar-refractivity contribution in [2.45, 2.75) is 25.5 Å². The van der Waals surface area contributed by atoms with E-state index in [1.807, 2.05) is 18.2 Å². The summed E-state index contributed by atoms with van der Waals surface area (Å²) in [6.07, 6.45) is 3.22. The highest BCUT2D eigenvalue weighted by Gasteiger charge is 2.21. The first kappa shape index (κ1) is 16.2. The zero-order chi connectivity index (χ0) is 15.9. The third-order valence-corrected chi connectivity index (χ3v) is 4.41. The van der Waals surface area contributed by atoms with Crippen LogP contribution in [0.2, 0.25) is 0 Å². The van der Waals surface area contributed by atoms with Crippen LogP contribution in [-0.2, 0) is 11.3 Å². The lowest BCUT2D eigenvalue weighted by Crippen LogP contribution is -2.35. The molecule has 1 atom stereocenters. The van der Waals surface area contributed by atoms with Crippen molar-refractivity contribution >= 4 is 0 Å². The molecule has 23 heavy (non-hydrogen) atoms. The van der Waals surface area contributed by atoms with Gasteiger partial charge in [-0.05, 0) is 36.5 Å². The molecule has 1 aliphatic heterocycles. The van der Waals surface area contributed by atoms with Crippen LogP contribution in [-0.4, -0.2) is 36.3 Å². The number of hydrogen-bond acceptors (Lipinski definition) is 4. The molecule has 1 aliphatic rings. The van der Waals surface area contributed by atoms with E-state index in [0.29, 0.717) is 18.2 Å². The van der Waals surface area contributed by atoms with Gasteiger partial charge in [-0.25, -0.2) is 0 Å². The highest BCUT2D eigenvalue weighted by Crippen LogP contribution is 2.21. The van der Waals surface area contributed by atoms with Crippen molar-refractivity contribution in [3.8, 4) is 0 Å². The van der Waals surface area contributed by atoms with E-state index in [-0.39, 0.29) is 0 Å². The average molecular weight is 315 g/mol. The molecular formula is C19H25NO3. The lowest BCUT2D eigenvalue weighted by atomic mass is 9.99. The molecule has 1 aromatic carbocycles. The van der Waals surface area contributed by atoms with Gasteiger partial charge in [-0.15, -0.1) is 0 Å². The molecule has 1 saturated heterocycles. The van der Waals surface area contributed by atoms with Crippen LogP contribution < -0.4 is 0 Å². The van der Waals surface area contributed by atoms with E-state index >= 15 is 0 Å². The first-order valence-corrected chi connectivity index (χ1v) is 8.37. The monoisotopic (exact) mass is 315 g/mol. The number of rotatable bonds is 7. The van der Waals surface area contributed by atoms with Crippen molar-refractivity contribution in [2.75, 3.05) is 26.3 Å². The molecule has 0 spiro atoms. The van der Waals surface area contributed by atoms with Crippen molar-refractivity contribution in [2.24, 2.45) is 5.92 Å². The predicted molar refractivity (Wildman–Crippen MR) is 88.9 cm³/mol. The van der Waals surface area contributed by atoms with Gasteiger partial charge in [0.15, 0.2) is 0 Å². The summed E-state index contributed by atoms with van der Waals surface area (Å²) in [4.78, 5) is 2.33. The summed E-state index contributed by atoms with van der Waals surface area (Å²) in [7, 11) is 0. The summed E-state index contributed by atoms with van der Waals surface area (Å²) < 4.78 is 10.8. The minimum atomic E-state index is -0.589. The molecular weight excluding hydrogens is 290 g/mol. The van der Waals surface area contributed by atoms with Gasteiger partial charge in [0.2, 0.25) is 0 Å². The summed E-state index contributed by atoms with van der Waals surface area (Å²) in [5.41, 5.74) is 1.27. The quantitative estimate of drug-likeness (QED) is 0.852. The Bertz CT molecular complexity index is 549. The van der Waals surface area contributed by atoms with Gasteiger partial charge >= 0.3 is 0 Å². The van der Waals surface area contributed by atoms with Crippen molar-refractivity contribution in [1.29, 1.82) is 0 Å². The zero-order valence-electron chi connectivity index (χ0n) is 13.4. The lowest BCUT2D eigenvalue weighted by molar-refractivity contribution is 0.0366. The van der Waals surface area contributed by atoms with Crippen LogP contribution in [0.3, 0.4) is 0 Å². The number of ether oxygens (including phenoxy) is 1. The molecule has 3 rings (SSSR count). The van der Waals surface area contributed by atoms with E-state index in [4.69, 9.17) is 9.15 Å². The smallest absolute Gasteiger partial charge is 0.133 e. The van der Waals surface area contributed by atoms with Crippen LogP contribution in [0, 0.1) is 5.92 Å². The van der Waals surface area contributed by atoms with Crippen molar-refractivity contribution < 1.29 is 14.3 Å². The Labute approximate surface area is 137 Å². The molecule has 0 radical (unpaired) electrons. The second-order valence-electron chi connectivity index (χ2n) is 6.27. The number of aliphatic hydroxyl groups excluding tert-OH is 1. The molecule has 4 heteroatoms. The highest BCUT2D eigenvalue weighted by molar-refractivity contribution is 5.14. The van der Waals surface area contributed by atoms with Gasteiger partial charge < -0.3 is 14.3 Å². The Balaban J connectivity index is 1.64. The standard InChI is InChI=1S/C19H25NO3/c21-18(19-7-4-10-23-19)15-20(13-16-5-2-1-3-6-16)14-17-8-11-22-12-9-17/h1-7,10,17-18,21H,8-9,11-15H2. The zero-order valence-corrected chi connectivity index (χ0v) is 13.4. The third kappa shape index (κ3) is 4.93. The van der Waals surface area contributed by atoms with Crippen LogP contribution in [0.15, 0.2) is 53.1 Å². The Kier molecular flexibility index (Phi) is 5.86. The third-order valence-electron chi connectivity index (χ3n) is 4.41. The second kappa shape index (κ2) is 8.29. The molecule has 2 heterocycles. The van der Waals surface area contributed by atoms with E-state index in [1.165, 1.54) is 5.56 Å². The highest BCUT2D eigenvalue weighted by atomic mass is 16.5. The van der Waals surface area contributed by atoms with Crippen molar-refractivity contribution in [3.05, 3.63) is 60.1 Å². The molecule has 4 nitrogen and oxygen atoms in total. The van der Waals surface area contributed by atoms with E-state index < -0.39 is 6.10 Å². The van der Waals surface area contributed by atoms with Crippen LogP contribution >= 0.6 is 0 Å². The molecule has 0 amide bonds. The van der Waals surface area contributed by atoms with Gasteiger partial charge in [-0.2, -0.15) is 0 Å². The van der Waals surface area contributed by atoms with Crippen LogP contribution in [0.4, 0.5) is 0 Å². The van der Waals surface area contributed by atoms with E-state index in [2.05, 4.69) is 29.2 Å². The van der Waals surface area contributed by atoms with E-state index in [9.17, 15) is 5.11 Å². The summed E-state index contributed by atoms with van der Waals surface area (Å²) >= 11 is 0. The van der Waals surface area contributed by atoms with Gasteiger partial charge in [0.1, 0.15) is 11.9 Å². The molecule has 1 unspecified atom stereocenters. The fraction of sp³-hybridized carbons (Fsp3) is 0.474. The predicted octanol–water partition coefficient (Wildman–Crippen LogP) is 3.24. The van der Waals surface area contributed by atoms with Gasteiger partial charge in [-0.3, -0.25) is 4.90 Å². The molecule has 124 valence electrons. The van der Waals surface area contributed by atoms with E-state index in [1.54, 1.807) is 6.26 Å². The number of nitrogens with zero attached hydrogens (tertiary/aromatic N) is 1. The first-order chi connectivity index (χ1) is 11.3. The summed E-state index contributed by atoms with van der Waals surface area (Å²) in [6, 6.07) is 14.1. The Morgan fingerprint density at radius 1 is 1.09 bits per heavy atom. The molecule has 1 N–H and O–H groups in total. The molecule has 0 bridgehead atoms. The molecule has 1 aromatic heterocycles. The minimum Gasteiger partial charge on any atom is -0.467 e. The number of furan rings is 1. The van der Waals surface area contributed by atoms with Crippen LogP contribution in [0.5, 0.6) is 0 Å². The number of benzene rings is 1. The maximum Gasteiger partial charge on any atom is 0.133 e. The molecule has 0 saturated carbocycles. The SMILES string of the molecule is OC(CN(Cc1ccccc1)CC1CCOCC1)c1ccco1. The van der Waals surface area contributed by atoms with Crippen LogP contribution in [0.1, 0.15) is 30.3 Å². The van der Waals surface area contributed by atoms with Crippen molar-refractivity contribution in [3.63, 3.8) is 0 Å². The maximum absolute atomic E-state index is 10.4. The fourth-order valence-electron chi connectivity index (χ4n) is 3.15. The van der Waals surface area contributed by atoms with Gasteiger partial charge in [0, 0.05) is 32.8 Å². The molecule has 1 fully saturated rings. The second-order valence-corrected chi connectivity index (χ2v) is 6.27. The molecule has 0 aliphatic carbocycles. The normalized spacial score (nSPS) is 17.5. The lowest BCUT2D eigenvalue weighted by Gasteiger charge is -2.31. The van der Waals surface area contributed by atoms with Crippen LogP contribution in [0.25, 0.3) is 0 Å².